The summed E-state index contributed by atoms with van der Waals surface area (Å²) < 4.78 is 37.3. The van der Waals surface area contributed by atoms with Crippen molar-refractivity contribution in [1.82, 2.24) is 9.88 Å². The monoisotopic (exact) mass is 300 g/mol. The Morgan fingerprint density at radius 1 is 1.28 bits per heavy atom. The van der Waals surface area contributed by atoms with E-state index in [0.717, 1.165) is 0 Å². The summed E-state index contributed by atoms with van der Waals surface area (Å²) in [6, 6.07) is 2.84. The van der Waals surface area contributed by atoms with Crippen LogP contribution in [-0.2, 0) is 6.54 Å². The van der Waals surface area contributed by atoms with Gasteiger partial charge in [-0.3, -0.25) is 4.90 Å². The number of alkyl halides is 3. The predicted octanol–water partition coefficient (Wildman–Crippen LogP) is 4.16. The average molecular weight is 301 g/mol. The lowest BCUT2D eigenvalue weighted by Crippen LogP contribution is -2.38. The van der Waals surface area contributed by atoms with Crippen LogP contribution in [0.5, 0.6) is 0 Å². The maximum Gasteiger partial charge on any atom is 0.401 e. The molecule has 1 aromatic heterocycles. The van der Waals surface area contributed by atoms with Crippen LogP contribution < -0.4 is 0 Å². The zero-order valence-electron chi connectivity index (χ0n) is 9.93. The van der Waals surface area contributed by atoms with E-state index in [4.69, 9.17) is 23.2 Å². The van der Waals surface area contributed by atoms with E-state index >= 15 is 0 Å². The van der Waals surface area contributed by atoms with E-state index in [2.05, 4.69) is 4.98 Å². The molecule has 102 valence electrons. The first kappa shape index (κ1) is 15.5. The predicted molar refractivity (Wildman–Crippen MR) is 65.9 cm³/mol. The number of nitrogens with zero attached hydrogens (tertiary/aromatic N) is 2. The molecule has 0 bridgehead atoms. The van der Waals surface area contributed by atoms with Gasteiger partial charge < -0.3 is 0 Å². The van der Waals surface area contributed by atoms with Crippen molar-refractivity contribution >= 4 is 23.2 Å². The van der Waals surface area contributed by atoms with Crippen LogP contribution in [-0.4, -0.2) is 28.6 Å². The zero-order chi connectivity index (χ0) is 13.9. The third-order valence-electron chi connectivity index (χ3n) is 2.38. The van der Waals surface area contributed by atoms with Crippen molar-refractivity contribution in [3.05, 3.63) is 28.0 Å². The van der Waals surface area contributed by atoms with E-state index in [1.807, 2.05) is 0 Å². The standard InChI is InChI=1S/C11H13Cl2F3N2/c1-7(2)18(6-11(14,15)16)5-8-3-4-9(12)17-10(8)13/h3-4,7H,5-6H2,1-2H3. The molecule has 1 aromatic rings. The minimum Gasteiger partial charge on any atom is -0.288 e. The second kappa shape index (κ2) is 6.08. The number of halogens is 5. The van der Waals surface area contributed by atoms with Crippen molar-refractivity contribution in [2.75, 3.05) is 6.54 Å². The van der Waals surface area contributed by atoms with Crippen LogP contribution >= 0.6 is 23.2 Å². The molecule has 0 saturated heterocycles. The molecular formula is C11H13Cl2F3N2. The molecule has 0 saturated carbocycles. The quantitative estimate of drug-likeness (QED) is 0.776. The van der Waals surface area contributed by atoms with Gasteiger partial charge >= 0.3 is 6.18 Å². The largest absolute Gasteiger partial charge is 0.401 e. The second-order valence-electron chi connectivity index (χ2n) is 4.20. The van der Waals surface area contributed by atoms with E-state index in [1.165, 1.54) is 11.0 Å². The number of hydrogen-bond donors (Lipinski definition) is 0. The molecule has 2 nitrogen and oxygen atoms in total. The molecule has 18 heavy (non-hydrogen) atoms. The van der Waals surface area contributed by atoms with Crippen LogP contribution in [0.1, 0.15) is 19.4 Å². The SMILES string of the molecule is CC(C)N(Cc1ccc(Cl)nc1Cl)CC(F)(F)F. The third kappa shape index (κ3) is 5.00. The molecule has 0 atom stereocenters. The van der Waals surface area contributed by atoms with Gasteiger partial charge in [-0.1, -0.05) is 29.3 Å². The van der Waals surface area contributed by atoms with Crippen LogP contribution in [0.2, 0.25) is 10.3 Å². The molecule has 0 unspecified atom stereocenters. The van der Waals surface area contributed by atoms with Gasteiger partial charge in [-0.15, -0.1) is 0 Å². The topological polar surface area (TPSA) is 16.1 Å². The number of pyridine rings is 1. The number of hydrogen-bond acceptors (Lipinski definition) is 2. The molecule has 0 spiro atoms. The first-order chi connectivity index (χ1) is 8.19. The van der Waals surface area contributed by atoms with E-state index in [0.29, 0.717) is 5.56 Å². The van der Waals surface area contributed by atoms with Crippen molar-refractivity contribution in [2.45, 2.75) is 32.6 Å². The Balaban J connectivity index is 2.83. The van der Waals surface area contributed by atoms with Crippen molar-refractivity contribution in [3.8, 4) is 0 Å². The maximum atomic E-state index is 12.4. The Bertz CT molecular complexity index is 408. The lowest BCUT2D eigenvalue weighted by Gasteiger charge is -2.27. The van der Waals surface area contributed by atoms with Crippen LogP contribution in [0.25, 0.3) is 0 Å². The lowest BCUT2D eigenvalue weighted by atomic mass is 10.2. The summed E-state index contributed by atoms with van der Waals surface area (Å²) >= 11 is 11.5. The maximum absolute atomic E-state index is 12.4. The van der Waals surface area contributed by atoms with E-state index in [1.54, 1.807) is 19.9 Å². The molecule has 0 aliphatic heterocycles. The average Bonchev–Trinajstić information content (AvgIpc) is 2.18. The Kier molecular flexibility index (Phi) is 5.25. The van der Waals surface area contributed by atoms with E-state index in [9.17, 15) is 13.2 Å². The second-order valence-corrected chi connectivity index (χ2v) is 4.94. The molecule has 1 heterocycles. The Morgan fingerprint density at radius 3 is 2.33 bits per heavy atom. The summed E-state index contributed by atoms with van der Waals surface area (Å²) in [5, 5.41) is 0.353. The molecule has 7 heteroatoms. The molecule has 0 aromatic carbocycles. The lowest BCUT2D eigenvalue weighted by molar-refractivity contribution is -0.150. The fourth-order valence-electron chi connectivity index (χ4n) is 1.43. The summed E-state index contributed by atoms with van der Waals surface area (Å²) in [4.78, 5) is 5.08. The highest BCUT2D eigenvalue weighted by molar-refractivity contribution is 6.32. The van der Waals surface area contributed by atoms with E-state index < -0.39 is 12.7 Å². The minimum absolute atomic E-state index is 0.0835. The molecule has 0 aliphatic rings. The van der Waals surface area contributed by atoms with Crippen molar-refractivity contribution in [2.24, 2.45) is 0 Å². The van der Waals surface area contributed by atoms with Gasteiger partial charge in [0, 0.05) is 18.2 Å². The molecule has 0 radical (unpaired) electrons. The molecule has 0 N–H and O–H groups in total. The highest BCUT2D eigenvalue weighted by Crippen LogP contribution is 2.23. The fourth-order valence-corrected chi connectivity index (χ4v) is 1.83. The summed E-state index contributed by atoms with van der Waals surface area (Å²) in [7, 11) is 0. The van der Waals surface area contributed by atoms with Gasteiger partial charge in [0.2, 0.25) is 0 Å². The van der Waals surface area contributed by atoms with Gasteiger partial charge in [0.15, 0.2) is 0 Å². The number of rotatable bonds is 4. The number of aromatic nitrogens is 1. The molecule has 0 fully saturated rings. The molecule has 1 rings (SSSR count). The summed E-state index contributed by atoms with van der Waals surface area (Å²) in [6.45, 7) is 2.50. The van der Waals surface area contributed by atoms with Gasteiger partial charge in [0.05, 0.1) is 6.54 Å². The van der Waals surface area contributed by atoms with Crippen molar-refractivity contribution < 1.29 is 13.2 Å². The van der Waals surface area contributed by atoms with Gasteiger partial charge in [-0.05, 0) is 19.9 Å². The van der Waals surface area contributed by atoms with Crippen LogP contribution in [0.15, 0.2) is 12.1 Å². The van der Waals surface area contributed by atoms with Gasteiger partial charge in [-0.2, -0.15) is 13.2 Å². The van der Waals surface area contributed by atoms with Crippen LogP contribution in [0.3, 0.4) is 0 Å². The fraction of sp³-hybridized carbons (Fsp3) is 0.545. The molecule has 0 amide bonds. The van der Waals surface area contributed by atoms with Gasteiger partial charge in [0.1, 0.15) is 10.3 Å². The summed E-state index contributed by atoms with van der Waals surface area (Å²) in [5.74, 6) is 0. The summed E-state index contributed by atoms with van der Waals surface area (Å²) in [6.07, 6.45) is -4.24. The first-order valence-corrected chi connectivity index (χ1v) is 6.06. The van der Waals surface area contributed by atoms with Crippen molar-refractivity contribution in [3.63, 3.8) is 0 Å². The molecule has 0 aliphatic carbocycles. The molecular weight excluding hydrogens is 288 g/mol. The minimum atomic E-state index is -4.24. The third-order valence-corrected chi connectivity index (χ3v) is 2.92. The highest BCUT2D eigenvalue weighted by Gasteiger charge is 2.32. The van der Waals surface area contributed by atoms with Crippen molar-refractivity contribution in [1.29, 1.82) is 0 Å². The Morgan fingerprint density at radius 2 is 1.89 bits per heavy atom. The summed E-state index contributed by atoms with van der Waals surface area (Å²) in [5.41, 5.74) is 0.527. The van der Waals surface area contributed by atoms with Gasteiger partial charge in [0.25, 0.3) is 0 Å². The smallest absolute Gasteiger partial charge is 0.288 e. The van der Waals surface area contributed by atoms with Gasteiger partial charge in [-0.25, -0.2) is 4.98 Å². The normalized spacial score (nSPS) is 12.5. The van der Waals surface area contributed by atoms with Crippen LogP contribution in [0.4, 0.5) is 13.2 Å². The highest BCUT2D eigenvalue weighted by atomic mass is 35.5. The van der Waals surface area contributed by atoms with E-state index in [-0.39, 0.29) is 22.9 Å². The first-order valence-electron chi connectivity index (χ1n) is 5.31. The Hall–Kier alpha value is -0.520. The Labute approximate surface area is 114 Å². The zero-order valence-corrected chi connectivity index (χ0v) is 11.4. The van der Waals surface area contributed by atoms with Crippen LogP contribution in [0, 0.1) is 0 Å².